The van der Waals surface area contributed by atoms with Gasteiger partial charge in [0.05, 0.1) is 23.9 Å². The van der Waals surface area contributed by atoms with Crippen LogP contribution in [0.3, 0.4) is 0 Å². The molecule has 74 valence electrons. The third kappa shape index (κ3) is 22.7. The Labute approximate surface area is 130 Å². The summed E-state index contributed by atoms with van der Waals surface area (Å²) in [5.41, 5.74) is 0. The Morgan fingerprint density at radius 1 is 0.571 bits per heavy atom. The first-order valence-electron chi connectivity index (χ1n) is 2.13. The first kappa shape index (κ1) is 23.7. The van der Waals surface area contributed by atoms with Crippen LogP contribution in [-0.2, 0) is 36.0 Å². The van der Waals surface area contributed by atoms with Crippen molar-refractivity contribution in [2.24, 2.45) is 0 Å². The predicted molar refractivity (Wildman–Crippen MR) is 20.0 cm³/mol. The Kier molecular flexibility index (Phi) is 22.0. The Morgan fingerprint density at radius 3 is 0.643 bits per heavy atom. The minimum atomic E-state index is -2.19. The molecule has 0 N–H and O–H groups in total. The van der Waals surface area contributed by atoms with Crippen LogP contribution in [0.2, 0.25) is 0 Å². The van der Waals surface area contributed by atoms with Gasteiger partial charge in [-0.15, -0.1) is 0 Å². The standard InChI is InChI=1S/2C2H2O4.Co.K/c2*3-1(4)2(5)6;;/h2*(H,3,4)(H,5,6);;/q;;+3;+1/p-4. The molecule has 0 radical (unpaired) electrons. The summed E-state index contributed by atoms with van der Waals surface area (Å²) in [6.45, 7) is 0. The van der Waals surface area contributed by atoms with Gasteiger partial charge in [-0.2, -0.15) is 0 Å². The summed E-state index contributed by atoms with van der Waals surface area (Å²) in [4.78, 5) is 35.7. The van der Waals surface area contributed by atoms with E-state index < -0.39 is 23.9 Å². The van der Waals surface area contributed by atoms with E-state index in [1.54, 1.807) is 0 Å². The minimum absolute atomic E-state index is 0. The molecule has 0 atom stereocenters. The molecule has 0 saturated carbocycles. The van der Waals surface area contributed by atoms with Crippen molar-refractivity contribution in [1.29, 1.82) is 0 Å². The van der Waals surface area contributed by atoms with Gasteiger partial charge in [0.25, 0.3) is 0 Å². The molecule has 0 aliphatic heterocycles. The number of hydrogen-bond acceptors (Lipinski definition) is 8. The normalized spacial score (nSPS) is 6.29. The monoisotopic (exact) mass is 274 g/mol. The Morgan fingerprint density at radius 2 is 0.643 bits per heavy atom. The molecule has 0 heterocycles. The summed E-state index contributed by atoms with van der Waals surface area (Å²) < 4.78 is 0. The third-order valence-electron chi connectivity index (χ3n) is 0.333. The van der Waals surface area contributed by atoms with E-state index in [9.17, 15) is 0 Å². The fourth-order valence-corrected chi connectivity index (χ4v) is 0. The number of carboxylic acid groups (broad SMARTS) is 4. The van der Waals surface area contributed by atoms with Crippen molar-refractivity contribution in [2.45, 2.75) is 0 Å². The summed E-state index contributed by atoms with van der Waals surface area (Å²) in [7, 11) is 0. The smallest absolute Gasteiger partial charge is 0.543 e. The van der Waals surface area contributed by atoms with Crippen LogP contribution in [0.4, 0.5) is 0 Å². The summed E-state index contributed by atoms with van der Waals surface area (Å²) >= 11 is 0. The second-order valence-electron chi connectivity index (χ2n) is 1.15. The maximum atomic E-state index is 8.93. The van der Waals surface area contributed by atoms with E-state index in [4.69, 9.17) is 39.6 Å². The molecule has 0 aliphatic rings. The molecule has 0 amide bonds. The summed E-state index contributed by atoms with van der Waals surface area (Å²) in [5, 5.41) is 35.7. The van der Waals surface area contributed by atoms with E-state index in [2.05, 4.69) is 0 Å². The molecule has 0 fully saturated rings. The molecule has 0 spiro atoms. The number of carboxylic acids is 4. The summed E-state index contributed by atoms with van der Waals surface area (Å²) in [6, 6.07) is 0. The van der Waals surface area contributed by atoms with Crippen molar-refractivity contribution >= 4 is 23.9 Å². The Bertz CT molecular complexity index is 177. The predicted octanol–water partition coefficient (Wildman–Crippen LogP) is -10.0. The van der Waals surface area contributed by atoms with Gasteiger partial charge in [0.15, 0.2) is 0 Å². The van der Waals surface area contributed by atoms with Gasteiger partial charge in [0.2, 0.25) is 0 Å². The molecule has 0 aromatic rings. The SMILES string of the molecule is O=C([O-])C(=O)[O-].O=C([O-])C(=O)[O-].[Co+3].[K+]. The van der Waals surface area contributed by atoms with Crippen molar-refractivity contribution in [3.8, 4) is 0 Å². The van der Waals surface area contributed by atoms with Gasteiger partial charge in [-0.1, -0.05) is 0 Å². The second-order valence-corrected chi connectivity index (χ2v) is 1.15. The number of hydrogen-bond donors (Lipinski definition) is 0. The van der Waals surface area contributed by atoms with Gasteiger partial charge >= 0.3 is 68.2 Å². The largest absolute Gasteiger partial charge is 3.00 e. The number of aliphatic carboxylic acids is 4. The van der Waals surface area contributed by atoms with Crippen molar-refractivity contribution < 1.29 is 108 Å². The molecule has 0 saturated heterocycles. The van der Waals surface area contributed by atoms with E-state index in [1.165, 1.54) is 0 Å². The van der Waals surface area contributed by atoms with Crippen LogP contribution < -0.4 is 71.8 Å². The van der Waals surface area contributed by atoms with Crippen LogP contribution in [0.5, 0.6) is 0 Å². The first-order valence-corrected chi connectivity index (χ1v) is 2.13. The van der Waals surface area contributed by atoms with Crippen LogP contribution in [0.15, 0.2) is 0 Å². The molecule has 14 heavy (non-hydrogen) atoms. The third-order valence-corrected chi connectivity index (χ3v) is 0.333. The summed E-state index contributed by atoms with van der Waals surface area (Å²) in [5.74, 6) is -8.74. The fourth-order valence-electron chi connectivity index (χ4n) is 0. The van der Waals surface area contributed by atoms with E-state index in [-0.39, 0.29) is 68.2 Å². The Balaban J connectivity index is -0.0000000625. The van der Waals surface area contributed by atoms with Gasteiger partial charge in [-0.05, 0) is 0 Å². The molecule has 0 rings (SSSR count). The second kappa shape index (κ2) is 13.0. The quantitative estimate of drug-likeness (QED) is 0.310. The number of carbonyl (C=O) groups excluding carboxylic acids is 4. The van der Waals surface area contributed by atoms with E-state index >= 15 is 0 Å². The number of carbonyl (C=O) groups is 4. The van der Waals surface area contributed by atoms with Gasteiger partial charge < -0.3 is 39.6 Å². The van der Waals surface area contributed by atoms with Crippen LogP contribution in [0.25, 0.3) is 0 Å². The van der Waals surface area contributed by atoms with Crippen molar-refractivity contribution in [2.75, 3.05) is 0 Å². The minimum Gasteiger partial charge on any atom is -0.543 e. The average Bonchev–Trinajstić information content (AvgIpc) is 1.88. The van der Waals surface area contributed by atoms with Gasteiger partial charge in [0, 0.05) is 0 Å². The van der Waals surface area contributed by atoms with Crippen LogP contribution in [0, 0.1) is 0 Å². The van der Waals surface area contributed by atoms with Crippen molar-refractivity contribution in [1.82, 2.24) is 0 Å². The first-order chi connectivity index (χ1) is 5.29. The number of rotatable bonds is 0. The maximum Gasteiger partial charge on any atom is 3.00 e. The molecular formula is C4CoKO8. The molecule has 0 bridgehead atoms. The molecule has 8 nitrogen and oxygen atoms in total. The Hall–Kier alpha value is 0.0229. The molecular weight excluding hydrogens is 274 g/mol. The molecule has 10 heteroatoms. The van der Waals surface area contributed by atoms with Crippen LogP contribution in [0.1, 0.15) is 0 Å². The topological polar surface area (TPSA) is 161 Å². The van der Waals surface area contributed by atoms with Gasteiger partial charge in [-0.3, -0.25) is 0 Å². The summed E-state index contributed by atoms with van der Waals surface area (Å²) in [6.07, 6.45) is 0. The van der Waals surface area contributed by atoms with Crippen molar-refractivity contribution in [3.05, 3.63) is 0 Å². The zero-order valence-corrected chi connectivity index (χ0v) is 10.8. The van der Waals surface area contributed by atoms with Crippen LogP contribution >= 0.6 is 0 Å². The van der Waals surface area contributed by atoms with Gasteiger partial charge in [0.1, 0.15) is 0 Å². The average molecular weight is 274 g/mol. The maximum absolute atomic E-state index is 8.93. The fraction of sp³-hybridized carbons (Fsp3) is 0. The molecule has 0 aliphatic carbocycles. The van der Waals surface area contributed by atoms with Crippen LogP contribution in [-0.4, -0.2) is 23.9 Å². The van der Waals surface area contributed by atoms with E-state index in [0.29, 0.717) is 0 Å². The molecule has 0 aromatic carbocycles. The zero-order valence-electron chi connectivity index (χ0n) is 6.60. The van der Waals surface area contributed by atoms with E-state index in [0.717, 1.165) is 0 Å². The zero-order chi connectivity index (χ0) is 10.3. The molecule has 0 aromatic heterocycles. The van der Waals surface area contributed by atoms with E-state index in [1.807, 2.05) is 0 Å². The van der Waals surface area contributed by atoms with Crippen molar-refractivity contribution in [3.63, 3.8) is 0 Å². The van der Waals surface area contributed by atoms with Gasteiger partial charge in [-0.25, -0.2) is 0 Å². The molecule has 0 unspecified atom stereocenters.